The second-order valence-electron chi connectivity index (χ2n) is 6.05. The Bertz CT molecular complexity index is 1420. The molecule has 0 amide bonds. The van der Waals surface area contributed by atoms with Crippen LogP contribution in [0, 0.1) is 6.92 Å². The Morgan fingerprint density at radius 3 is 2.64 bits per heavy atom. The van der Waals surface area contributed by atoms with Gasteiger partial charge >= 0.3 is 5.69 Å². The van der Waals surface area contributed by atoms with Crippen molar-refractivity contribution in [1.29, 1.82) is 0 Å². The number of thiazole rings is 1. The Labute approximate surface area is 163 Å². The maximum atomic E-state index is 12.8. The number of hydrogen-bond donors (Lipinski definition) is 3. The maximum absolute atomic E-state index is 12.8. The number of anilines is 1. The van der Waals surface area contributed by atoms with E-state index in [0.717, 1.165) is 16.3 Å². The van der Waals surface area contributed by atoms with Crippen molar-refractivity contribution in [2.24, 2.45) is 0 Å². The lowest BCUT2D eigenvalue weighted by atomic mass is 10.1. The van der Waals surface area contributed by atoms with Gasteiger partial charge in [0.05, 0.1) is 26.5 Å². The van der Waals surface area contributed by atoms with Crippen molar-refractivity contribution in [2.75, 3.05) is 4.72 Å². The molecule has 4 aromatic rings. The van der Waals surface area contributed by atoms with E-state index in [4.69, 9.17) is 0 Å². The lowest BCUT2D eigenvalue weighted by Crippen LogP contribution is -2.22. The molecule has 0 spiro atoms. The Morgan fingerprint density at radius 1 is 1.07 bits per heavy atom. The summed E-state index contributed by atoms with van der Waals surface area (Å²) in [6.45, 7) is 1.90. The fourth-order valence-corrected chi connectivity index (χ4v) is 4.46. The van der Waals surface area contributed by atoms with Crippen LogP contribution in [0.2, 0.25) is 0 Å². The fraction of sp³-hybridized carbons (Fsp3) is 0.0556. The van der Waals surface area contributed by atoms with E-state index in [1.807, 2.05) is 18.4 Å². The highest BCUT2D eigenvalue weighted by Gasteiger charge is 2.16. The smallest absolute Gasteiger partial charge is 0.307 e. The second kappa shape index (κ2) is 6.73. The van der Waals surface area contributed by atoms with Gasteiger partial charge in [-0.2, -0.15) is 0 Å². The van der Waals surface area contributed by atoms with Gasteiger partial charge in [0.1, 0.15) is 0 Å². The van der Waals surface area contributed by atoms with E-state index in [1.165, 1.54) is 29.5 Å². The van der Waals surface area contributed by atoms with Gasteiger partial charge in [0.15, 0.2) is 0 Å². The molecular formula is C18H14N4O4S2. The van der Waals surface area contributed by atoms with E-state index >= 15 is 0 Å². The normalized spacial score (nSPS) is 11.6. The monoisotopic (exact) mass is 414 g/mol. The molecule has 2 heterocycles. The van der Waals surface area contributed by atoms with Crippen LogP contribution in [0.5, 0.6) is 0 Å². The largest absolute Gasteiger partial charge is 0.326 e. The van der Waals surface area contributed by atoms with Gasteiger partial charge < -0.3 is 4.98 Å². The van der Waals surface area contributed by atoms with E-state index in [1.54, 1.807) is 18.2 Å². The van der Waals surface area contributed by atoms with Crippen LogP contribution in [-0.4, -0.2) is 23.4 Å². The van der Waals surface area contributed by atoms with Crippen LogP contribution in [0.3, 0.4) is 0 Å². The van der Waals surface area contributed by atoms with Crippen LogP contribution in [0.1, 0.15) is 5.01 Å². The number of nitrogens with one attached hydrogen (secondary N) is 3. The number of aromatic amines is 2. The number of aromatic nitrogens is 3. The highest BCUT2D eigenvalue weighted by atomic mass is 32.2. The summed E-state index contributed by atoms with van der Waals surface area (Å²) in [5.74, 6) is 0. The lowest BCUT2D eigenvalue weighted by Gasteiger charge is -2.09. The zero-order valence-corrected chi connectivity index (χ0v) is 16.1. The average molecular weight is 414 g/mol. The SMILES string of the molecule is Cc1nc(-c2cccc(NS(=O)(=O)c3ccc4[nH]c(=O)[nH]c(=O)c4c3)c2)cs1. The van der Waals surface area contributed by atoms with Gasteiger partial charge in [-0.3, -0.25) is 14.5 Å². The quantitative estimate of drug-likeness (QED) is 0.473. The first-order chi connectivity index (χ1) is 13.3. The molecule has 28 heavy (non-hydrogen) atoms. The number of rotatable bonds is 4. The Balaban J connectivity index is 1.71. The summed E-state index contributed by atoms with van der Waals surface area (Å²) in [7, 11) is -3.94. The molecule has 0 fully saturated rings. The zero-order chi connectivity index (χ0) is 19.9. The first-order valence-corrected chi connectivity index (χ1v) is 10.5. The highest BCUT2D eigenvalue weighted by Crippen LogP contribution is 2.25. The molecule has 0 saturated carbocycles. The van der Waals surface area contributed by atoms with Crippen LogP contribution in [0.25, 0.3) is 22.2 Å². The first-order valence-electron chi connectivity index (χ1n) is 8.13. The van der Waals surface area contributed by atoms with Crippen molar-refractivity contribution in [1.82, 2.24) is 15.0 Å². The van der Waals surface area contributed by atoms with Crippen LogP contribution < -0.4 is 16.0 Å². The van der Waals surface area contributed by atoms with Gasteiger partial charge in [-0.25, -0.2) is 18.2 Å². The Hall–Kier alpha value is -3.24. The third-order valence-electron chi connectivity index (χ3n) is 4.05. The molecule has 2 aromatic carbocycles. The molecule has 2 aromatic heterocycles. The minimum Gasteiger partial charge on any atom is -0.307 e. The summed E-state index contributed by atoms with van der Waals surface area (Å²) >= 11 is 1.51. The predicted octanol–water partition coefficient (Wildman–Crippen LogP) is 2.45. The van der Waals surface area contributed by atoms with Gasteiger partial charge in [-0.15, -0.1) is 11.3 Å². The van der Waals surface area contributed by atoms with E-state index in [-0.39, 0.29) is 15.8 Å². The number of fused-ring (bicyclic) bond motifs is 1. The van der Waals surface area contributed by atoms with Gasteiger partial charge in [-0.05, 0) is 37.3 Å². The van der Waals surface area contributed by atoms with Crippen molar-refractivity contribution in [3.05, 3.63) is 73.7 Å². The lowest BCUT2D eigenvalue weighted by molar-refractivity contribution is 0.601. The van der Waals surface area contributed by atoms with Crippen LogP contribution in [-0.2, 0) is 10.0 Å². The molecule has 3 N–H and O–H groups in total. The Kier molecular flexibility index (Phi) is 4.36. The predicted molar refractivity (Wildman–Crippen MR) is 108 cm³/mol. The second-order valence-corrected chi connectivity index (χ2v) is 8.80. The van der Waals surface area contributed by atoms with Crippen molar-refractivity contribution in [3.63, 3.8) is 0 Å². The molecule has 8 nitrogen and oxygen atoms in total. The average Bonchev–Trinajstić information content (AvgIpc) is 3.07. The topological polar surface area (TPSA) is 125 Å². The van der Waals surface area contributed by atoms with Crippen LogP contribution >= 0.6 is 11.3 Å². The van der Waals surface area contributed by atoms with E-state index in [9.17, 15) is 18.0 Å². The van der Waals surface area contributed by atoms with Crippen molar-refractivity contribution >= 4 is 38.0 Å². The molecule has 142 valence electrons. The molecule has 0 radical (unpaired) electrons. The molecule has 0 aliphatic carbocycles. The summed E-state index contributed by atoms with van der Waals surface area (Å²) in [5.41, 5.74) is 0.881. The number of nitrogens with zero attached hydrogens (tertiary/aromatic N) is 1. The van der Waals surface area contributed by atoms with Crippen LogP contribution in [0.15, 0.2) is 62.3 Å². The number of benzene rings is 2. The molecule has 0 aliphatic rings. The maximum Gasteiger partial charge on any atom is 0.326 e. The highest BCUT2D eigenvalue weighted by molar-refractivity contribution is 7.92. The number of sulfonamides is 1. The summed E-state index contributed by atoms with van der Waals surface area (Å²) in [4.78, 5) is 32.1. The summed E-state index contributed by atoms with van der Waals surface area (Å²) in [5, 5.41) is 2.90. The van der Waals surface area contributed by atoms with Crippen LogP contribution in [0.4, 0.5) is 5.69 Å². The van der Waals surface area contributed by atoms with Crippen molar-refractivity contribution < 1.29 is 8.42 Å². The van der Waals surface area contributed by atoms with Gasteiger partial charge in [0, 0.05) is 16.6 Å². The molecule has 4 rings (SSSR count). The number of H-pyrrole nitrogens is 2. The standard InChI is InChI=1S/C18H14N4O4S2/c1-10-19-16(9-27-10)11-3-2-4-12(7-11)22-28(25,26)13-5-6-15-14(8-13)17(23)21-18(24)20-15/h2-9,22H,1H3,(H2,20,21,23,24). The van der Waals surface area contributed by atoms with Gasteiger partial charge in [-0.1, -0.05) is 12.1 Å². The number of hydrogen-bond acceptors (Lipinski definition) is 6. The molecule has 0 unspecified atom stereocenters. The Morgan fingerprint density at radius 2 is 1.89 bits per heavy atom. The molecular weight excluding hydrogens is 400 g/mol. The molecule has 0 atom stereocenters. The minimum atomic E-state index is -3.94. The summed E-state index contributed by atoms with van der Waals surface area (Å²) < 4.78 is 28.0. The molecule has 0 saturated heterocycles. The molecule has 0 aliphatic heterocycles. The summed E-state index contributed by atoms with van der Waals surface area (Å²) in [6.07, 6.45) is 0. The third-order valence-corrected chi connectivity index (χ3v) is 6.20. The number of aryl methyl sites for hydroxylation is 1. The summed E-state index contributed by atoms with van der Waals surface area (Å²) in [6, 6.07) is 10.8. The molecule has 10 heteroatoms. The third kappa shape index (κ3) is 3.47. The van der Waals surface area contributed by atoms with Gasteiger partial charge in [0.25, 0.3) is 15.6 Å². The van der Waals surface area contributed by atoms with E-state index < -0.39 is 21.3 Å². The zero-order valence-electron chi connectivity index (χ0n) is 14.5. The van der Waals surface area contributed by atoms with E-state index in [0.29, 0.717) is 5.69 Å². The fourth-order valence-electron chi connectivity index (χ4n) is 2.76. The minimum absolute atomic E-state index is 0.0779. The first kappa shape index (κ1) is 18.1. The van der Waals surface area contributed by atoms with Gasteiger partial charge in [0.2, 0.25) is 0 Å². The van der Waals surface area contributed by atoms with E-state index in [2.05, 4.69) is 19.7 Å². The molecule has 0 bridgehead atoms. The van der Waals surface area contributed by atoms with Crippen molar-refractivity contribution in [3.8, 4) is 11.3 Å². The van der Waals surface area contributed by atoms with Crippen molar-refractivity contribution in [2.45, 2.75) is 11.8 Å².